The molecule has 59 heavy (non-hydrogen) atoms. The van der Waals surface area contributed by atoms with Crippen LogP contribution in [0.4, 0.5) is 46.5 Å². The Morgan fingerprint density at radius 2 is 0.864 bits per heavy atom. The molecule has 4 aromatic rings. The first-order chi connectivity index (χ1) is 27.4. The van der Waals surface area contributed by atoms with Crippen molar-refractivity contribution in [2.45, 2.75) is 52.4 Å². The first kappa shape index (κ1) is 51.7. The van der Waals surface area contributed by atoms with Crippen molar-refractivity contribution >= 4 is 74.3 Å². The van der Waals surface area contributed by atoms with Crippen molar-refractivity contribution in [3.63, 3.8) is 0 Å². The Kier molecular flexibility index (Phi) is 19.7. The van der Waals surface area contributed by atoms with Crippen molar-refractivity contribution in [2.24, 2.45) is 9.98 Å². The molecule has 0 fully saturated rings. The summed E-state index contributed by atoms with van der Waals surface area (Å²) in [6.07, 6.45) is 4.20. The fraction of sp³-hybridized carbons (Fsp3) is 0.250. The van der Waals surface area contributed by atoms with Crippen LogP contribution in [0.15, 0.2) is 68.5 Å². The molecule has 318 valence electrons. The summed E-state index contributed by atoms with van der Waals surface area (Å²) < 4.78 is 123. The van der Waals surface area contributed by atoms with E-state index in [0.29, 0.717) is 20.1 Å². The quantitative estimate of drug-likeness (QED) is 0.0545. The maximum absolute atomic E-state index is 14.2. The van der Waals surface area contributed by atoms with Gasteiger partial charge in [0, 0.05) is 43.6 Å². The molecule has 0 radical (unpaired) electrons. The topological polar surface area (TPSA) is 83.6 Å². The van der Waals surface area contributed by atoms with E-state index in [0.717, 1.165) is 12.4 Å². The molecule has 0 aliphatic heterocycles. The van der Waals surface area contributed by atoms with Gasteiger partial charge in [0.1, 0.15) is 36.1 Å². The molecule has 6 nitrogen and oxygen atoms in total. The third-order valence-corrected chi connectivity index (χ3v) is 8.50. The average Bonchev–Trinajstić information content (AvgIpc) is 3.15. The average molecular weight is 1040 g/mol. The summed E-state index contributed by atoms with van der Waals surface area (Å²) in [6, 6.07) is 6.30. The number of phenols is 2. The van der Waals surface area contributed by atoms with Gasteiger partial charge in [-0.05, 0) is 35.1 Å². The predicted molar refractivity (Wildman–Crippen MR) is 219 cm³/mol. The monoisotopic (exact) mass is 1040 g/mol. The van der Waals surface area contributed by atoms with Gasteiger partial charge in [-0.15, -0.1) is 0 Å². The Morgan fingerprint density at radius 3 is 1.10 bits per heavy atom. The molecule has 2 N–H and O–H groups in total. The second-order valence-electron chi connectivity index (χ2n) is 13.9. The van der Waals surface area contributed by atoms with Crippen molar-refractivity contribution in [1.29, 1.82) is 0 Å². The third-order valence-electron chi connectivity index (χ3n) is 7.58. The van der Waals surface area contributed by atoms with E-state index in [4.69, 9.17) is 18.6 Å². The van der Waals surface area contributed by atoms with E-state index in [2.05, 4.69) is 64.5 Å². The summed E-state index contributed by atoms with van der Waals surface area (Å²) in [5.41, 5.74) is -1.87. The van der Waals surface area contributed by atoms with Crippen LogP contribution < -0.4 is 9.47 Å². The van der Waals surface area contributed by atoms with E-state index in [9.17, 15) is 45.3 Å². The Bertz CT molecular complexity index is 2040. The Labute approximate surface area is 369 Å². The van der Waals surface area contributed by atoms with Crippen molar-refractivity contribution in [1.82, 2.24) is 0 Å². The van der Waals surface area contributed by atoms with Crippen LogP contribution in [0.25, 0.3) is 0 Å². The van der Waals surface area contributed by atoms with E-state index in [-0.39, 0.29) is 35.8 Å². The molecular weight excluding hydrogens is 1000 g/mol. The number of benzene rings is 4. The van der Waals surface area contributed by atoms with Crippen molar-refractivity contribution in [2.75, 3.05) is 13.2 Å². The number of phenolic OH excluding ortho intramolecular Hbond substituents is 2. The normalized spacial score (nSPS) is 11.5. The molecule has 0 unspecified atom stereocenters. The van der Waals surface area contributed by atoms with E-state index >= 15 is 0 Å². The van der Waals surface area contributed by atoms with Crippen LogP contribution in [-0.2, 0) is 27.9 Å². The molecule has 0 saturated carbocycles. The molecule has 0 saturated heterocycles. The van der Waals surface area contributed by atoms with Crippen molar-refractivity contribution in [3.05, 3.63) is 127 Å². The van der Waals surface area contributed by atoms with E-state index < -0.39 is 97.3 Å². The molecule has 4 aromatic carbocycles. The van der Waals surface area contributed by atoms with Crippen LogP contribution in [0.5, 0.6) is 23.0 Å². The van der Waals surface area contributed by atoms with Gasteiger partial charge >= 0.3 is 35.6 Å². The number of aliphatic imine (C=N–C) groups is 2. The summed E-state index contributed by atoms with van der Waals surface area (Å²) in [6.45, 7) is 17.1. The Balaban J connectivity index is 0.000000381. The van der Waals surface area contributed by atoms with Gasteiger partial charge in [0.25, 0.3) is 0 Å². The second kappa shape index (κ2) is 22.4. The molecule has 0 atom stereocenters. The minimum absolute atomic E-state index is 0.117. The van der Waals surface area contributed by atoms with E-state index in [1.807, 2.05) is 41.5 Å². The van der Waals surface area contributed by atoms with Crippen LogP contribution in [0, 0.1) is 46.5 Å². The van der Waals surface area contributed by atoms with Crippen molar-refractivity contribution in [3.8, 4) is 23.0 Å². The molecular formula is C40H36Br2Cl2F8N2O4Ti. The SMILES string of the molecule is C=CCOc1c(F)c(F)c(N=Cc2cc(Br)cc(C(C)(C)C)c2O)c(F)c1F.C=CCOc1c(F)c(F)c(N=Cc2cc(Br)cc(C(C)(C)C)c2O)c(F)c1F.[Cl][Ti][Cl]. The molecule has 19 heteroatoms. The molecule has 0 aromatic heterocycles. The summed E-state index contributed by atoms with van der Waals surface area (Å²) in [5, 5.41) is 20.9. The predicted octanol–water partition coefficient (Wildman–Crippen LogP) is 14.0. The first-order valence-electron chi connectivity index (χ1n) is 16.7. The van der Waals surface area contributed by atoms with Gasteiger partial charge in [-0.1, -0.05) is 98.7 Å². The van der Waals surface area contributed by atoms with Gasteiger partial charge in [-0.2, -0.15) is 17.6 Å². The van der Waals surface area contributed by atoms with E-state index in [1.54, 1.807) is 12.1 Å². The van der Waals surface area contributed by atoms with Gasteiger partial charge < -0.3 is 19.7 Å². The number of hydrogen-bond acceptors (Lipinski definition) is 6. The molecule has 4 rings (SSSR count). The van der Waals surface area contributed by atoms with E-state index in [1.165, 1.54) is 24.3 Å². The fourth-order valence-electron chi connectivity index (χ4n) is 4.81. The van der Waals surface area contributed by atoms with Gasteiger partial charge in [0.2, 0.25) is 23.3 Å². The minimum atomic E-state index is -1.71. The molecule has 0 aliphatic carbocycles. The molecule has 0 spiro atoms. The maximum atomic E-state index is 14.2. The van der Waals surface area contributed by atoms with Crippen molar-refractivity contribution < 1.29 is 71.8 Å². The molecule has 0 aliphatic rings. The van der Waals surface area contributed by atoms with Crippen LogP contribution in [0.1, 0.15) is 63.8 Å². The van der Waals surface area contributed by atoms with Gasteiger partial charge in [0.15, 0.2) is 34.8 Å². The van der Waals surface area contributed by atoms with Gasteiger partial charge in [0.05, 0.1) is 0 Å². The molecule has 0 amide bonds. The number of ether oxygens (including phenoxy) is 2. The number of hydrogen-bond donors (Lipinski definition) is 2. The first-order valence-corrected chi connectivity index (χ1v) is 22.6. The van der Waals surface area contributed by atoms with Crippen LogP contribution in [-0.4, -0.2) is 35.9 Å². The second-order valence-corrected chi connectivity index (χ2v) is 18.3. The zero-order valence-corrected chi connectivity index (χ0v) is 38.3. The summed E-state index contributed by atoms with van der Waals surface area (Å²) in [7, 11) is 9.78. The van der Waals surface area contributed by atoms with Crippen LogP contribution >= 0.6 is 50.5 Å². The number of nitrogens with zero attached hydrogens (tertiary/aromatic N) is 2. The summed E-state index contributed by atoms with van der Waals surface area (Å²) in [5.74, 6) is -16.4. The molecule has 0 heterocycles. The van der Waals surface area contributed by atoms with Gasteiger partial charge in [-0.25, -0.2) is 27.5 Å². The van der Waals surface area contributed by atoms with Gasteiger partial charge in [-0.3, -0.25) is 0 Å². The summed E-state index contributed by atoms with van der Waals surface area (Å²) >= 11 is 6.02. The number of aromatic hydroxyl groups is 2. The fourth-order valence-corrected chi connectivity index (χ4v) is 5.76. The van der Waals surface area contributed by atoms with Crippen LogP contribution in [0.2, 0.25) is 0 Å². The standard InChI is InChI=1S/2C20H18BrF4NO2.2ClH.Ti/c2*1-5-6-28-19-15(24)13(22)17(14(23)16(19)25)26-9-10-7-11(21)8-12(18(10)27)20(2,3)4;;;/h2*5,7-9,27H,1,6H2,2-4H3;2*1H;/q;;;;+2/p-2. The Hall–Kier alpha value is -3.41. The van der Waals surface area contributed by atoms with Crippen LogP contribution in [0.3, 0.4) is 0 Å². The Morgan fingerprint density at radius 1 is 0.593 bits per heavy atom. The number of halogens is 12. The zero-order valence-electron chi connectivity index (χ0n) is 32.1. The number of rotatable bonds is 10. The third kappa shape index (κ3) is 13.3. The zero-order chi connectivity index (χ0) is 45.2. The molecule has 0 bridgehead atoms. The summed E-state index contributed by atoms with van der Waals surface area (Å²) in [4.78, 5) is 7.06.